The van der Waals surface area contributed by atoms with E-state index in [1.807, 2.05) is 0 Å². The molecular weight excluding hydrogens is 268 g/mol. The number of carbonyl (C=O) groups excluding carboxylic acids is 1. The summed E-state index contributed by atoms with van der Waals surface area (Å²) in [5.74, 6) is -0.882. The lowest BCUT2D eigenvalue weighted by Gasteiger charge is -2.14. The Morgan fingerprint density at radius 2 is 1.89 bits per heavy atom. The first kappa shape index (κ1) is 15.7. The first-order chi connectivity index (χ1) is 8.92. The van der Waals surface area contributed by atoms with Crippen LogP contribution in [0.2, 0.25) is 0 Å². The highest BCUT2D eigenvalue weighted by Gasteiger charge is 2.27. The lowest BCUT2D eigenvalue weighted by Crippen LogP contribution is -2.28. The minimum atomic E-state index is -4.09. The van der Waals surface area contributed by atoms with Gasteiger partial charge in [0.15, 0.2) is 6.10 Å². The van der Waals surface area contributed by atoms with Gasteiger partial charge in [0.2, 0.25) is 0 Å². The van der Waals surface area contributed by atoms with Crippen molar-refractivity contribution in [1.82, 2.24) is 0 Å². The van der Waals surface area contributed by atoms with E-state index in [9.17, 15) is 13.2 Å². The van der Waals surface area contributed by atoms with E-state index in [1.165, 1.54) is 6.07 Å². The number of ether oxygens (including phenoxy) is 1. The average Bonchev–Trinajstić information content (AvgIpc) is 2.35. The van der Waals surface area contributed by atoms with Crippen LogP contribution in [0.15, 0.2) is 29.2 Å². The summed E-state index contributed by atoms with van der Waals surface area (Å²) in [4.78, 5) is 11.7. The van der Waals surface area contributed by atoms with Gasteiger partial charge in [-0.3, -0.25) is 0 Å². The summed E-state index contributed by atoms with van der Waals surface area (Å²) < 4.78 is 33.7. The standard InChI is InChI=1S/C13H18O5S/c1-4-11(17-5-2)13(14)18-19(15,16)12-9-7-6-8-10(12)3/h6-9,11H,4-5H2,1-3H3. The summed E-state index contributed by atoms with van der Waals surface area (Å²) in [5, 5.41) is 0. The van der Waals surface area contributed by atoms with E-state index in [0.717, 1.165) is 0 Å². The summed E-state index contributed by atoms with van der Waals surface area (Å²) in [6.45, 7) is 5.41. The quantitative estimate of drug-likeness (QED) is 0.748. The molecule has 1 atom stereocenters. The van der Waals surface area contributed by atoms with Gasteiger partial charge in [-0.05, 0) is 31.9 Å². The highest BCUT2D eigenvalue weighted by molar-refractivity contribution is 7.87. The molecule has 5 nitrogen and oxygen atoms in total. The minimum Gasteiger partial charge on any atom is -0.367 e. The van der Waals surface area contributed by atoms with Crippen molar-refractivity contribution < 1.29 is 22.1 Å². The number of benzene rings is 1. The van der Waals surface area contributed by atoms with Crippen molar-refractivity contribution in [2.45, 2.75) is 38.2 Å². The SMILES string of the molecule is CCOC(CC)C(=O)OS(=O)(=O)c1ccccc1C. The van der Waals surface area contributed by atoms with Crippen LogP contribution in [0.4, 0.5) is 0 Å². The highest BCUT2D eigenvalue weighted by Crippen LogP contribution is 2.18. The molecule has 1 aromatic rings. The van der Waals surface area contributed by atoms with Crippen molar-refractivity contribution in [3.05, 3.63) is 29.8 Å². The fourth-order valence-electron chi connectivity index (χ4n) is 1.60. The maximum Gasteiger partial charge on any atom is 0.351 e. The van der Waals surface area contributed by atoms with E-state index in [0.29, 0.717) is 18.6 Å². The van der Waals surface area contributed by atoms with E-state index < -0.39 is 22.2 Å². The van der Waals surface area contributed by atoms with Gasteiger partial charge in [0.1, 0.15) is 4.90 Å². The molecule has 1 rings (SSSR count). The summed E-state index contributed by atoms with van der Waals surface area (Å²) in [7, 11) is -4.09. The van der Waals surface area contributed by atoms with Crippen LogP contribution in [0.3, 0.4) is 0 Å². The Hall–Kier alpha value is -1.40. The Labute approximate surface area is 113 Å². The molecule has 0 aliphatic rings. The zero-order valence-corrected chi connectivity index (χ0v) is 12.1. The van der Waals surface area contributed by atoms with Crippen LogP contribution in [-0.2, 0) is 23.8 Å². The van der Waals surface area contributed by atoms with Gasteiger partial charge in [0, 0.05) is 6.61 Å². The first-order valence-corrected chi connectivity index (χ1v) is 7.48. The van der Waals surface area contributed by atoms with Crippen LogP contribution in [0.1, 0.15) is 25.8 Å². The fraction of sp³-hybridized carbons (Fsp3) is 0.462. The van der Waals surface area contributed by atoms with E-state index in [-0.39, 0.29) is 4.90 Å². The molecule has 1 unspecified atom stereocenters. The molecule has 0 spiro atoms. The molecule has 106 valence electrons. The fourth-order valence-corrected chi connectivity index (χ4v) is 2.72. The van der Waals surface area contributed by atoms with Gasteiger partial charge >= 0.3 is 16.1 Å². The minimum absolute atomic E-state index is 0.00491. The molecule has 0 saturated heterocycles. The second-order valence-electron chi connectivity index (χ2n) is 3.97. The van der Waals surface area contributed by atoms with E-state index in [4.69, 9.17) is 4.74 Å². The third-order valence-electron chi connectivity index (χ3n) is 2.56. The molecule has 0 aromatic heterocycles. The van der Waals surface area contributed by atoms with Crippen LogP contribution < -0.4 is 0 Å². The number of hydrogen-bond donors (Lipinski definition) is 0. The summed E-state index contributed by atoms with van der Waals surface area (Å²) in [5.41, 5.74) is 0.528. The number of hydrogen-bond acceptors (Lipinski definition) is 5. The molecular formula is C13H18O5S. The predicted molar refractivity (Wildman–Crippen MR) is 70.2 cm³/mol. The Bertz CT molecular complexity index is 536. The molecule has 19 heavy (non-hydrogen) atoms. The van der Waals surface area contributed by atoms with Crippen molar-refractivity contribution in [3.8, 4) is 0 Å². The van der Waals surface area contributed by atoms with E-state index in [1.54, 1.807) is 39.0 Å². The molecule has 0 aliphatic heterocycles. The number of carbonyl (C=O) groups is 1. The zero-order chi connectivity index (χ0) is 14.5. The smallest absolute Gasteiger partial charge is 0.351 e. The maximum atomic E-state index is 12.0. The average molecular weight is 286 g/mol. The van der Waals surface area contributed by atoms with Crippen molar-refractivity contribution in [3.63, 3.8) is 0 Å². The van der Waals surface area contributed by atoms with Gasteiger partial charge < -0.3 is 8.92 Å². The molecule has 6 heteroatoms. The number of rotatable bonds is 6. The Kier molecular flexibility index (Phi) is 5.50. The second kappa shape index (κ2) is 6.68. The molecule has 0 fully saturated rings. The van der Waals surface area contributed by atoms with Crippen LogP contribution in [0.25, 0.3) is 0 Å². The van der Waals surface area contributed by atoms with Crippen molar-refractivity contribution in [2.75, 3.05) is 6.61 Å². The molecule has 0 bridgehead atoms. The Balaban J connectivity index is 2.92. The normalized spacial score (nSPS) is 13.0. The summed E-state index contributed by atoms with van der Waals surface area (Å²) in [6.07, 6.45) is -0.500. The molecule has 0 heterocycles. The number of aryl methyl sites for hydroxylation is 1. The molecule has 0 N–H and O–H groups in total. The summed E-state index contributed by atoms with van der Waals surface area (Å²) >= 11 is 0. The molecule has 0 radical (unpaired) electrons. The van der Waals surface area contributed by atoms with Crippen molar-refractivity contribution in [1.29, 1.82) is 0 Å². The van der Waals surface area contributed by atoms with Gasteiger partial charge in [0.25, 0.3) is 0 Å². The lowest BCUT2D eigenvalue weighted by molar-refractivity contribution is -0.146. The molecule has 1 aromatic carbocycles. The van der Waals surface area contributed by atoms with E-state index >= 15 is 0 Å². The largest absolute Gasteiger partial charge is 0.367 e. The van der Waals surface area contributed by atoms with Gasteiger partial charge in [-0.15, -0.1) is 0 Å². The highest BCUT2D eigenvalue weighted by atomic mass is 32.2. The van der Waals surface area contributed by atoms with Crippen LogP contribution >= 0.6 is 0 Å². The monoisotopic (exact) mass is 286 g/mol. The third kappa shape index (κ3) is 4.04. The summed E-state index contributed by atoms with van der Waals surface area (Å²) in [6, 6.07) is 6.33. The molecule has 0 amide bonds. The van der Waals surface area contributed by atoms with Gasteiger partial charge in [0.05, 0.1) is 0 Å². The van der Waals surface area contributed by atoms with Gasteiger partial charge in [-0.25, -0.2) is 4.79 Å². The second-order valence-corrected chi connectivity index (χ2v) is 5.49. The van der Waals surface area contributed by atoms with Gasteiger partial charge in [-0.2, -0.15) is 8.42 Å². The van der Waals surface area contributed by atoms with Gasteiger partial charge in [-0.1, -0.05) is 25.1 Å². The van der Waals surface area contributed by atoms with Crippen LogP contribution in [0.5, 0.6) is 0 Å². The van der Waals surface area contributed by atoms with Crippen LogP contribution in [0, 0.1) is 6.92 Å². The Morgan fingerprint density at radius 1 is 1.26 bits per heavy atom. The maximum absolute atomic E-state index is 12.0. The predicted octanol–water partition coefficient (Wildman–Crippen LogP) is 2.04. The van der Waals surface area contributed by atoms with Crippen LogP contribution in [-0.4, -0.2) is 27.1 Å². The topological polar surface area (TPSA) is 69.7 Å². The molecule has 0 saturated carbocycles. The first-order valence-electron chi connectivity index (χ1n) is 6.08. The van der Waals surface area contributed by atoms with Crippen molar-refractivity contribution in [2.24, 2.45) is 0 Å². The lowest BCUT2D eigenvalue weighted by atomic mass is 10.2. The zero-order valence-electron chi connectivity index (χ0n) is 11.3. The van der Waals surface area contributed by atoms with Crippen molar-refractivity contribution >= 4 is 16.1 Å². The van der Waals surface area contributed by atoms with E-state index in [2.05, 4.69) is 4.18 Å². The Morgan fingerprint density at radius 3 is 2.42 bits per heavy atom. The third-order valence-corrected chi connectivity index (χ3v) is 3.94. The molecule has 0 aliphatic carbocycles.